The van der Waals surface area contributed by atoms with Crippen LogP contribution >= 0.6 is 0 Å². The molecule has 0 amide bonds. The van der Waals surface area contributed by atoms with Crippen molar-refractivity contribution in [2.45, 2.75) is 12.5 Å². The van der Waals surface area contributed by atoms with Gasteiger partial charge in [-0.05, 0) is 19.1 Å². The van der Waals surface area contributed by atoms with Crippen LogP contribution < -0.4 is 5.73 Å². The van der Waals surface area contributed by atoms with Crippen molar-refractivity contribution < 1.29 is 4.79 Å². The minimum Gasteiger partial charge on any atom is -0.396 e. The van der Waals surface area contributed by atoms with Crippen LogP contribution in [0.5, 0.6) is 0 Å². The molecule has 68 valence electrons. The van der Waals surface area contributed by atoms with Crippen LogP contribution in [-0.2, 0) is 4.79 Å². The fraction of sp³-hybridized carbons (Fsp3) is 0.333. The molecule has 1 unspecified atom stereocenters. The number of aliphatic imine (C=N–C) groups is 1. The van der Waals surface area contributed by atoms with Gasteiger partial charge in [0.15, 0.2) is 5.84 Å². The van der Waals surface area contributed by atoms with Crippen molar-refractivity contribution in [2.24, 2.45) is 10.7 Å². The number of nitrogens with two attached hydrogens (primary N) is 1. The first-order chi connectivity index (χ1) is 6.14. The summed E-state index contributed by atoms with van der Waals surface area (Å²) in [5.74, 6) is 0.706. The Bertz CT molecular complexity index is 343. The van der Waals surface area contributed by atoms with Crippen LogP contribution in [-0.4, -0.2) is 29.1 Å². The molecule has 13 heavy (non-hydrogen) atoms. The van der Waals surface area contributed by atoms with Gasteiger partial charge in [-0.15, -0.1) is 0 Å². The third-order valence-electron chi connectivity index (χ3n) is 2.18. The highest BCUT2D eigenvalue weighted by molar-refractivity contribution is 6.02. The average molecular weight is 177 g/mol. The summed E-state index contributed by atoms with van der Waals surface area (Å²) < 4.78 is 0. The third-order valence-corrected chi connectivity index (χ3v) is 2.18. The van der Waals surface area contributed by atoms with E-state index in [0.717, 1.165) is 6.29 Å². The number of aldehydes is 1. The van der Waals surface area contributed by atoms with Gasteiger partial charge in [-0.2, -0.15) is 0 Å². The molecule has 0 bridgehead atoms. The Balaban J connectivity index is 2.40. The van der Waals surface area contributed by atoms with E-state index in [0.29, 0.717) is 18.1 Å². The van der Waals surface area contributed by atoms with Gasteiger partial charge in [0.25, 0.3) is 0 Å². The van der Waals surface area contributed by atoms with E-state index in [9.17, 15) is 4.79 Å². The Hall–Kier alpha value is -1.58. The first kappa shape index (κ1) is 8.04. The number of allylic oxidation sites excluding steroid dienone is 2. The Kier molecular flexibility index (Phi) is 1.52. The molecule has 0 saturated carbocycles. The topological polar surface area (TPSA) is 58.7 Å². The lowest BCUT2D eigenvalue weighted by atomic mass is 10.1. The lowest BCUT2D eigenvalue weighted by Gasteiger charge is -2.19. The molecule has 0 spiro atoms. The second-order valence-electron chi connectivity index (χ2n) is 3.50. The zero-order chi connectivity index (χ0) is 9.47. The van der Waals surface area contributed by atoms with Crippen LogP contribution in [0.2, 0.25) is 0 Å². The third kappa shape index (κ3) is 1.14. The van der Waals surface area contributed by atoms with Gasteiger partial charge in [0.2, 0.25) is 0 Å². The maximum atomic E-state index is 10.8. The molecule has 2 heterocycles. The van der Waals surface area contributed by atoms with E-state index >= 15 is 0 Å². The summed E-state index contributed by atoms with van der Waals surface area (Å²) in [5.41, 5.74) is 5.70. The average Bonchev–Trinajstić information content (AvgIpc) is 2.45. The molecule has 0 aromatic rings. The Labute approximate surface area is 76.4 Å². The highest BCUT2D eigenvalue weighted by Crippen LogP contribution is 2.23. The van der Waals surface area contributed by atoms with Crippen molar-refractivity contribution in [3.8, 4) is 0 Å². The highest BCUT2D eigenvalue weighted by atomic mass is 16.1. The van der Waals surface area contributed by atoms with Crippen LogP contribution in [0.25, 0.3) is 0 Å². The van der Waals surface area contributed by atoms with Crippen LogP contribution in [0.4, 0.5) is 0 Å². The van der Waals surface area contributed by atoms with Gasteiger partial charge in [-0.3, -0.25) is 4.99 Å². The standard InChI is InChI=1S/C9H11N3O/c1-9(6-13)5-12-4-2-3-7(10)8(12)11-9/h2-4,6H,5,10H2,1H3. The molecule has 0 saturated heterocycles. The molecule has 0 aliphatic carbocycles. The number of nitrogens with zero attached hydrogens (tertiary/aromatic N) is 2. The van der Waals surface area contributed by atoms with Crippen LogP contribution in [0.15, 0.2) is 29.0 Å². The van der Waals surface area contributed by atoms with E-state index in [2.05, 4.69) is 4.99 Å². The molecule has 0 aromatic heterocycles. The van der Waals surface area contributed by atoms with Crippen molar-refractivity contribution >= 4 is 12.1 Å². The molecule has 1 atom stereocenters. The number of fused-ring (bicyclic) bond motifs is 1. The van der Waals surface area contributed by atoms with Gasteiger partial charge >= 0.3 is 0 Å². The molecule has 0 aromatic carbocycles. The number of hydrogen-bond acceptors (Lipinski definition) is 4. The van der Waals surface area contributed by atoms with Gasteiger partial charge in [0, 0.05) is 6.20 Å². The molecule has 2 N–H and O–H groups in total. The quantitative estimate of drug-likeness (QED) is 0.575. The SMILES string of the molecule is CC1(C=O)CN2C=CC=C(N)C2=N1. The molecule has 2 aliphatic heterocycles. The van der Waals surface area contributed by atoms with E-state index in [-0.39, 0.29) is 0 Å². The summed E-state index contributed by atoms with van der Waals surface area (Å²) in [6.07, 6.45) is 6.38. The van der Waals surface area contributed by atoms with Crippen LogP contribution in [0.1, 0.15) is 6.92 Å². The Morgan fingerprint density at radius 2 is 2.54 bits per heavy atom. The summed E-state index contributed by atoms with van der Waals surface area (Å²) >= 11 is 0. The van der Waals surface area contributed by atoms with Crippen molar-refractivity contribution in [1.82, 2.24) is 4.90 Å². The molecule has 4 heteroatoms. The Morgan fingerprint density at radius 3 is 3.15 bits per heavy atom. The fourth-order valence-corrected chi connectivity index (χ4v) is 1.50. The minimum absolute atomic E-state index is 0.580. The number of carbonyl (C=O) groups excluding carboxylic acids is 1. The lowest BCUT2D eigenvalue weighted by molar-refractivity contribution is -0.111. The second kappa shape index (κ2) is 2.45. The molecule has 2 rings (SSSR count). The van der Waals surface area contributed by atoms with Crippen molar-refractivity contribution in [2.75, 3.05) is 6.54 Å². The largest absolute Gasteiger partial charge is 0.396 e. The van der Waals surface area contributed by atoms with Crippen molar-refractivity contribution in [1.29, 1.82) is 0 Å². The van der Waals surface area contributed by atoms with E-state index < -0.39 is 5.54 Å². The molecule has 0 fully saturated rings. The predicted octanol–water partition coefficient (Wildman–Crippen LogP) is 0.0280. The highest BCUT2D eigenvalue weighted by Gasteiger charge is 2.35. The molecule has 2 aliphatic rings. The van der Waals surface area contributed by atoms with E-state index in [1.54, 1.807) is 13.0 Å². The Morgan fingerprint density at radius 1 is 1.77 bits per heavy atom. The van der Waals surface area contributed by atoms with Crippen molar-refractivity contribution in [3.63, 3.8) is 0 Å². The van der Waals surface area contributed by atoms with Gasteiger partial charge < -0.3 is 15.4 Å². The summed E-state index contributed by atoms with van der Waals surface area (Å²) in [6, 6.07) is 0. The van der Waals surface area contributed by atoms with Gasteiger partial charge in [0.1, 0.15) is 11.8 Å². The lowest BCUT2D eigenvalue weighted by Crippen LogP contribution is -2.33. The first-order valence-electron chi connectivity index (χ1n) is 4.12. The zero-order valence-electron chi connectivity index (χ0n) is 7.40. The van der Waals surface area contributed by atoms with E-state index in [1.165, 1.54) is 0 Å². The monoisotopic (exact) mass is 177 g/mol. The summed E-state index contributed by atoms with van der Waals surface area (Å²) in [4.78, 5) is 16.9. The van der Waals surface area contributed by atoms with Crippen LogP contribution in [0, 0.1) is 0 Å². The number of amidine groups is 1. The minimum atomic E-state index is -0.636. The smallest absolute Gasteiger partial charge is 0.152 e. The molecular weight excluding hydrogens is 166 g/mol. The van der Waals surface area contributed by atoms with Crippen molar-refractivity contribution in [3.05, 3.63) is 24.0 Å². The zero-order valence-corrected chi connectivity index (χ0v) is 7.40. The number of carbonyl (C=O) groups is 1. The molecule has 4 nitrogen and oxygen atoms in total. The van der Waals surface area contributed by atoms with Crippen LogP contribution in [0.3, 0.4) is 0 Å². The van der Waals surface area contributed by atoms with Gasteiger partial charge in [-0.1, -0.05) is 0 Å². The second-order valence-corrected chi connectivity index (χ2v) is 3.50. The van der Waals surface area contributed by atoms with E-state index in [4.69, 9.17) is 5.73 Å². The maximum absolute atomic E-state index is 10.8. The first-order valence-corrected chi connectivity index (χ1v) is 4.12. The predicted molar refractivity (Wildman–Crippen MR) is 50.0 cm³/mol. The number of rotatable bonds is 1. The van der Waals surface area contributed by atoms with Gasteiger partial charge in [-0.25, -0.2) is 0 Å². The summed E-state index contributed by atoms with van der Waals surface area (Å²) in [7, 11) is 0. The normalized spacial score (nSPS) is 31.0. The van der Waals surface area contributed by atoms with Gasteiger partial charge in [0.05, 0.1) is 12.2 Å². The fourth-order valence-electron chi connectivity index (χ4n) is 1.50. The maximum Gasteiger partial charge on any atom is 0.152 e. The molecular formula is C9H11N3O. The molecule has 0 radical (unpaired) electrons. The summed E-state index contributed by atoms with van der Waals surface area (Å²) in [5, 5.41) is 0. The summed E-state index contributed by atoms with van der Waals surface area (Å²) in [6.45, 7) is 2.38. The van der Waals surface area contributed by atoms with E-state index in [1.807, 2.05) is 17.2 Å². The number of hydrogen-bond donors (Lipinski definition) is 1.